The molecule has 2 nitrogen and oxygen atoms in total. The van der Waals surface area contributed by atoms with E-state index in [9.17, 15) is 8.78 Å². The number of ether oxygens (including phenoxy) is 1. The van der Waals surface area contributed by atoms with E-state index in [1.54, 1.807) is 12.1 Å². The van der Waals surface area contributed by atoms with Crippen molar-refractivity contribution < 1.29 is 35.5 Å². The highest BCUT2D eigenvalue weighted by atomic mass is 19.3. The first-order chi connectivity index (χ1) is 22.0. The van der Waals surface area contributed by atoms with E-state index in [-0.39, 0.29) is 33.7 Å². The maximum Gasteiger partial charge on any atom is 0.432 e. The van der Waals surface area contributed by atoms with E-state index in [0.717, 1.165) is 55.5 Å². The van der Waals surface area contributed by atoms with Gasteiger partial charge in [-0.05, 0) is 96.7 Å². The van der Waals surface area contributed by atoms with E-state index >= 15 is 22.0 Å². The molecule has 0 radical (unpaired) electrons. The molecule has 0 N–H and O–H groups in total. The molecule has 46 heavy (non-hydrogen) atoms. The second-order valence-corrected chi connectivity index (χ2v) is 11.8. The number of nitriles is 1. The van der Waals surface area contributed by atoms with Crippen LogP contribution >= 0.6 is 0 Å². The van der Waals surface area contributed by atoms with Gasteiger partial charge in [0.1, 0.15) is 46.5 Å². The Morgan fingerprint density at radius 2 is 1.35 bits per heavy atom. The van der Waals surface area contributed by atoms with Crippen molar-refractivity contribution in [3.8, 4) is 34.1 Å². The van der Waals surface area contributed by atoms with Crippen LogP contribution in [0.4, 0.5) is 30.7 Å². The lowest BCUT2D eigenvalue weighted by Gasteiger charge is -2.29. The molecule has 9 heteroatoms. The molecule has 0 aromatic heterocycles. The Morgan fingerprint density at radius 1 is 0.717 bits per heavy atom. The summed E-state index contributed by atoms with van der Waals surface area (Å²) < 4.78 is 109. The first kappa shape index (κ1) is 33.1. The highest BCUT2D eigenvalue weighted by molar-refractivity contribution is 5.67. The van der Waals surface area contributed by atoms with E-state index in [0.29, 0.717) is 24.1 Å². The summed E-state index contributed by atoms with van der Waals surface area (Å²) in [5.74, 6) is -5.92. The number of alkyl halides is 2. The van der Waals surface area contributed by atoms with Crippen LogP contribution in [0.1, 0.15) is 80.9 Å². The monoisotopic (exact) mass is 639 g/mol. The molecule has 0 bridgehead atoms. The van der Waals surface area contributed by atoms with Gasteiger partial charge in [-0.1, -0.05) is 50.8 Å². The molecule has 1 saturated carbocycles. The van der Waals surface area contributed by atoms with Crippen LogP contribution in [0.5, 0.6) is 5.75 Å². The Morgan fingerprint density at radius 3 is 1.96 bits per heavy atom. The molecule has 0 atom stereocenters. The van der Waals surface area contributed by atoms with Crippen LogP contribution in [-0.4, -0.2) is 0 Å². The predicted molar refractivity (Wildman–Crippen MR) is 162 cm³/mol. The average Bonchev–Trinajstić information content (AvgIpc) is 3.01. The van der Waals surface area contributed by atoms with Gasteiger partial charge in [0.2, 0.25) is 0 Å². The van der Waals surface area contributed by atoms with Crippen LogP contribution in [0.25, 0.3) is 22.3 Å². The standard InChI is InChI=1S/C37H32F7NO/c1-2-3-4-5-22-6-8-23(9-7-22)24-12-14-30(32(39)16-24)27-18-34(41)36(35(42)19-27)37(43,44)46-28-13-15-29(33(40)20-28)25-10-11-26(21-45)31(38)17-25/h10-20,22-23H,2-9H2,1H3. The fourth-order valence-corrected chi connectivity index (χ4v) is 6.26. The minimum absolute atomic E-state index is 0.0328. The summed E-state index contributed by atoms with van der Waals surface area (Å²) in [5.41, 5.74) is -1.72. The van der Waals surface area contributed by atoms with Crippen molar-refractivity contribution >= 4 is 0 Å². The smallest absolute Gasteiger partial charge is 0.429 e. The molecule has 0 spiro atoms. The van der Waals surface area contributed by atoms with Gasteiger partial charge in [0.25, 0.3) is 0 Å². The molecule has 0 saturated heterocycles. The van der Waals surface area contributed by atoms with Crippen LogP contribution < -0.4 is 4.74 Å². The normalized spacial score (nSPS) is 16.7. The zero-order chi connectivity index (χ0) is 33.0. The summed E-state index contributed by atoms with van der Waals surface area (Å²) in [4.78, 5) is 0. The van der Waals surface area contributed by atoms with E-state index < -0.39 is 46.5 Å². The molecule has 5 rings (SSSR count). The van der Waals surface area contributed by atoms with Crippen molar-refractivity contribution in [2.75, 3.05) is 0 Å². The third-order valence-electron chi connectivity index (χ3n) is 8.76. The number of nitrogens with zero attached hydrogens (tertiary/aromatic N) is 1. The molecule has 4 aromatic carbocycles. The van der Waals surface area contributed by atoms with Crippen molar-refractivity contribution in [2.45, 2.75) is 70.3 Å². The minimum Gasteiger partial charge on any atom is -0.429 e. The quantitative estimate of drug-likeness (QED) is 0.128. The number of unbranched alkanes of at least 4 members (excludes halogenated alkanes) is 2. The lowest BCUT2D eigenvalue weighted by molar-refractivity contribution is -0.189. The molecule has 4 aromatic rings. The highest BCUT2D eigenvalue weighted by Gasteiger charge is 2.41. The summed E-state index contributed by atoms with van der Waals surface area (Å²) >= 11 is 0. The zero-order valence-corrected chi connectivity index (χ0v) is 25.2. The molecule has 1 fully saturated rings. The minimum atomic E-state index is -4.57. The molecular formula is C37H32F7NO. The fourth-order valence-electron chi connectivity index (χ4n) is 6.26. The topological polar surface area (TPSA) is 33.0 Å². The second-order valence-electron chi connectivity index (χ2n) is 11.8. The lowest BCUT2D eigenvalue weighted by atomic mass is 9.77. The van der Waals surface area contributed by atoms with Gasteiger partial charge in [-0.25, -0.2) is 22.0 Å². The average molecular weight is 640 g/mol. The maximum absolute atomic E-state index is 15.2. The molecule has 0 unspecified atom stereocenters. The molecule has 1 aliphatic rings. The highest BCUT2D eigenvalue weighted by Crippen LogP contribution is 2.41. The van der Waals surface area contributed by atoms with Crippen LogP contribution in [0.2, 0.25) is 0 Å². The Kier molecular flexibility index (Phi) is 10.0. The fraction of sp³-hybridized carbons (Fsp3) is 0.324. The van der Waals surface area contributed by atoms with Crippen LogP contribution in [0, 0.1) is 46.3 Å². The van der Waals surface area contributed by atoms with Crippen molar-refractivity contribution in [3.63, 3.8) is 0 Å². The first-order valence-corrected chi connectivity index (χ1v) is 15.4. The summed E-state index contributed by atoms with van der Waals surface area (Å²) in [6.45, 7) is 2.17. The van der Waals surface area contributed by atoms with Gasteiger partial charge in [-0.3, -0.25) is 0 Å². The maximum atomic E-state index is 15.2. The zero-order valence-electron chi connectivity index (χ0n) is 25.2. The van der Waals surface area contributed by atoms with E-state index in [1.165, 1.54) is 43.9 Å². The van der Waals surface area contributed by atoms with Crippen LogP contribution in [0.3, 0.4) is 0 Å². The number of halogens is 7. The van der Waals surface area contributed by atoms with Crippen molar-refractivity contribution in [2.24, 2.45) is 5.92 Å². The van der Waals surface area contributed by atoms with Gasteiger partial charge in [0.15, 0.2) is 0 Å². The Balaban J connectivity index is 1.31. The van der Waals surface area contributed by atoms with Crippen molar-refractivity contribution in [3.05, 3.63) is 113 Å². The van der Waals surface area contributed by atoms with E-state index in [2.05, 4.69) is 11.7 Å². The summed E-state index contributed by atoms with van der Waals surface area (Å²) in [6.07, 6.45) is 4.26. The lowest BCUT2D eigenvalue weighted by Crippen LogP contribution is -2.25. The molecular weight excluding hydrogens is 607 g/mol. The first-order valence-electron chi connectivity index (χ1n) is 15.4. The van der Waals surface area contributed by atoms with Gasteiger partial charge >= 0.3 is 6.11 Å². The van der Waals surface area contributed by atoms with Crippen molar-refractivity contribution in [1.29, 1.82) is 5.26 Å². The van der Waals surface area contributed by atoms with Gasteiger partial charge in [-0.15, -0.1) is 0 Å². The van der Waals surface area contributed by atoms with E-state index in [4.69, 9.17) is 5.26 Å². The molecule has 0 amide bonds. The Bertz CT molecular complexity index is 1730. The Hall–Kier alpha value is -4.32. The van der Waals surface area contributed by atoms with Gasteiger partial charge in [0, 0.05) is 17.2 Å². The molecule has 240 valence electrons. The van der Waals surface area contributed by atoms with Crippen LogP contribution in [-0.2, 0) is 6.11 Å². The van der Waals surface area contributed by atoms with Gasteiger partial charge < -0.3 is 4.74 Å². The largest absolute Gasteiger partial charge is 0.432 e. The SMILES string of the molecule is CCCCCC1CCC(c2ccc(-c3cc(F)c(C(F)(F)Oc4ccc(-c5ccc(C#N)c(F)c5)c(F)c4)c(F)c3)c(F)c2)CC1. The van der Waals surface area contributed by atoms with Crippen LogP contribution in [0.15, 0.2) is 66.7 Å². The van der Waals surface area contributed by atoms with Gasteiger partial charge in [-0.2, -0.15) is 14.0 Å². The third kappa shape index (κ3) is 7.22. The number of benzene rings is 4. The number of hydrogen-bond acceptors (Lipinski definition) is 2. The third-order valence-corrected chi connectivity index (χ3v) is 8.76. The van der Waals surface area contributed by atoms with Crippen molar-refractivity contribution in [1.82, 2.24) is 0 Å². The second kappa shape index (κ2) is 14.0. The molecule has 1 aliphatic carbocycles. The molecule has 0 aliphatic heterocycles. The summed E-state index contributed by atoms with van der Waals surface area (Å²) in [5, 5.41) is 8.86. The summed E-state index contributed by atoms with van der Waals surface area (Å²) in [7, 11) is 0. The molecule has 0 heterocycles. The predicted octanol–water partition coefficient (Wildman–Crippen LogP) is 11.6. The number of rotatable bonds is 10. The number of hydrogen-bond donors (Lipinski definition) is 0. The van der Waals surface area contributed by atoms with Gasteiger partial charge in [0.05, 0.1) is 5.56 Å². The van der Waals surface area contributed by atoms with E-state index in [1.807, 2.05) is 0 Å². The summed E-state index contributed by atoms with van der Waals surface area (Å²) in [6, 6.07) is 13.2. The Labute approximate surface area is 263 Å².